The minimum absolute atomic E-state index is 0.153. The Morgan fingerprint density at radius 1 is 1.35 bits per heavy atom. The molecule has 0 heterocycles. The fourth-order valence-corrected chi connectivity index (χ4v) is 1.23. The van der Waals surface area contributed by atoms with Crippen molar-refractivity contribution in [3.05, 3.63) is 41.2 Å². The minimum Gasteiger partial charge on any atom is -0.494 e. The van der Waals surface area contributed by atoms with Gasteiger partial charge in [-0.15, -0.1) is 0 Å². The van der Waals surface area contributed by atoms with Gasteiger partial charge >= 0.3 is 5.97 Å². The molecule has 0 saturated carbocycles. The molecular formula is C13H15NO3. The fourth-order valence-electron chi connectivity index (χ4n) is 1.23. The third kappa shape index (κ3) is 5.03. The molecule has 0 saturated heterocycles. The highest BCUT2D eigenvalue weighted by molar-refractivity contribution is 5.69. The second-order valence-electron chi connectivity index (χ2n) is 3.37. The molecule has 0 spiro atoms. The van der Waals surface area contributed by atoms with E-state index in [2.05, 4.69) is 4.85 Å². The van der Waals surface area contributed by atoms with Crippen molar-refractivity contribution < 1.29 is 14.3 Å². The Morgan fingerprint density at radius 2 is 2.06 bits per heavy atom. The van der Waals surface area contributed by atoms with Crippen LogP contribution in [0.3, 0.4) is 0 Å². The summed E-state index contributed by atoms with van der Waals surface area (Å²) in [4.78, 5) is 14.2. The van der Waals surface area contributed by atoms with Crippen molar-refractivity contribution >= 4 is 5.97 Å². The number of nitrogens with zero attached hydrogens (tertiary/aromatic N) is 1. The molecule has 0 amide bonds. The van der Waals surface area contributed by atoms with Crippen molar-refractivity contribution in [1.29, 1.82) is 0 Å². The summed E-state index contributed by atoms with van der Waals surface area (Å²) in [6.45, 7) is 9.53. The van der Waals surface area contributed by atoms with E-state index in [0.29, 0.717) is 6.61 Å². The lowest BCUT2D eigenvalue weighted by Crippen LogP contribution is -2.05. The molecule has 0 unspecified atom stereocenters. The Labute approximate surface area is 101 Å². The molecule has 0 atom stereocenters. The highest BCUT2D eigenvalue weighted by Gasteiger charge is 2.04. The van der Waals surface area contributed by atoms with Gasteiger partial charge < -0.3 is 14.3 Å². The Balaban J connectivity index is 2.37. The number of benzene rings is 1. The van der Waals surface area contributed by atoms with E-state index < -0.39 is 0 Å². The lowest BCUT2D eigenvalue weighted by molar-refractivity contribution is -0.144. The molecule has 90 valence electrons. The molecule has 0 N–H and O–H groups in total. The lowest BCUT2D eigenvalue weighted by atomic mass is 10.2. The van der Waals surface area contributed by atoms with Crippen LogP contribution in [0.25, 0.3) is 4.85 Å². The standard InChI is InChI=1S/C13H15NO3/c1-3-16-12-6-4-11(5-7-12)10-17-13(15)8-9-14-2/h4-7H,3,8-10H2,1H3. The van der Waals surface area contributed by atoms with Gasteiger partial charge in [0.05, 0.1) is 6.61 Å². The largest absolute Gasteiger partial charge is 0.494 e. The summed E-state index contributed by atoms with van der Waals surface area (Å²) in [5.41, 5.74) is 0.907. The summed E-state index contributed by atoms with van der Waals surface area (Å²) in [5.74, 6) is 0.463. The van der Waals surface area contributed by atoms with Crippen LogP contribution in [0.1, 0.15) is 18.9 Å². The minimum atomic E-state index is -0.338. The predicted octanol–water partition coefficient (Wildman–Crippen LogP) is 2.44. The van der Waals surface area contributed by atoms with Crippen molar-refractivity contribution in [2.75, 3.05) is 13.2 Å². The van der Waals surface area contributed by atoms with Gasteiger partial charge in [-0.3, -0.25) is 4.79 Å². The maximum absolute atomic E-state index is 11.2. The van der Waals surface area contributed by atoms with Gasteiger partial charge in [0, 0.05) is 0 Å². The molecule has 1 rings (SSSR count). The molecule has 1 aromatic carbocycles. The van der Waals surface area contributed by atoms with E-state index in [9.17, 15) is 4.79 Å². The SMILES string of the molecule is [C-]#[N+]CCC(=O)OCc1ccc(OCC)cc1. The predicted molar refractivity (Wildman–Crippen MR) is 63.5 cm³/mol. The van der Waals surface area contributed by atoms with Gasteiger partial charge in [-0.1, -0.05) is 12.1 Å². The molecule has 1 aromatic rings. The molecule has 0 fully saturated rings. The molecule has 17 heavy (non-hydrogen) atoms. The van der Waals surface area contributed by atoms with Gasteiger partial charge in [0.1, 0.15) is 18.8 Å². The van der Waals surface area contributed by atoms with Crippen LogP contribution in [0, 0.1) is 6.57 Å². The van der Waals surface area contributed by atoms with E-state index in [1.165, 1.54) is 0 Å². The van der Waals surface area contributed by atoms with Crippen molar-refractivity contribution in [2.24, 2.45) is 0 Å². The van der Waals surface area contributed by atoms with Gasteiger partial charge in [0.25, 0.3) is 0 Å². The van der Waals surface area contributed by atoms with Gasteiger partial charge in [-0.05, 0) is 24.6 Å². The molecule has 4 nitrogen and oxygen atoms in total. The molecule has 0 radical (unpaired) electrons. The lowest BCUT2D eigenvalue weighted by Gasteiger charge is -2.05. The maximum atomic E-state index is 11.2. The van der Waals surface area contributed by atoms with E-state index in [-0.39, 0.29) is 25.5 Å². The highest BCUT2D eigenvalue weighted by Crippen LogP contribution is 2.12. The average molecular weight is 233 g/mol. The Bertz CT molecular complexity index is 392. The topological polar surface area (TPSA) is 39.9 Å². The third-order valence-electron chi connectivity index (χ3n) is 2.06. The second kappa shape index (κ2) is 7.29. The number of esters is 1. The third-order valence-corrected chi connectivity index (χ3v) is 2.06. The number of hydrogen-bond acceptors (Lipinski definition) is 3. The van der Waals surface area contributed by atoms with Crippen molar-refractivity contribution in [1.82, 2.24) is 0 Å². The Kier molecular flexibility index (Phi) is 5.59. The first-order chi connectivity index (χ1) is 8.26. The fraction of sp³-hybridized carbons (Fsp3) is 0.385. The van der Waals surface area contributed by atoms with Crippen LogP contribution >= 0.6 is 0 Å². The quantitative estimate of drug-likeness (QED) is 0.559. The van der Waals surface area contributed by atoms with Crippen molar-refractivity contribution in [2.45, 2.75) is 20.0 Å². The van der Waals surface area contributed by atoms with Crippen LogP contribution in [0.5, 0.6) is 5.75 Å². The number of rotatable bonds is 6. The van der Waals surface area contributed by atoms with Crippen molar-refractivity contribution in [3.63, 3.8) is 0 Å². The molecule has 0 aliphatic heterocycles. The van der Waals surface area contributed by atoms with E-state index in [1.54, 1.807) is 0 Å². The summed E-state index contributed by atoms with van der Waals surface area (Å²) in [6, 6.07) is 7.39. The van der Waals surface area contributed by atoms with E-state index >= 15 is 0 Å². The second-order valence-corrected chi connectivity index (χ2v) is 3.37. The smallest absolute Gasteiger partial charge is 0.313 e. The number of carbonyl (C=O) groups is 1. The zero-order valence-corrected chi connectivity index (χ0v) is 9.81. The average Bonchev–Trinajstić information content (AvgIpc) is 2.36. The van der Waals surface area contributed by atoms with E-state index in [0.717, 1.165) is 11.3 Å². The number of ether oxygens (including phenoxy) is 2. The zero-order chi connectivity index (χ0) is 12.5. The van der Waals surface area contributed by atoms with Crippen LogP contribution < -0.4 is 4.74 Å². The molecule has 0 aliphatic carbocycles. The number of carbonyl (C=O) groups excluding carboxylic acids is 1. The normalized spacial score (nSPS) is 9.41. The molecule has 4 heteroatoms. The summed E-state index contributed by atoms with van der Waals surface area (Å²) in [5, 5.41) is 0. The van der Waals surface area contributed by atoms with Crippen LogP contribution in [0.2, 0.25) is 0 Å². The first kappa shape index (κ1) is 13.0. The molecule has 0 aromatic heterocycles. The van der Waals surface area contributed by atoms with E-state index in [4.69, 9.17) is 16.0 Å². The highest BCUT2D eigenvalue weighted by atomic mass is 16.5. The molecular weight excluding hydrogens is 218 g/mol. The summed E-state index contributed by atoms with van der Waals surface area (Å²) in [7, 11) is 0. The molecule has 0 aliphatic rings. The first-order valence-corrected chi connectivity index (χ1v) is 5.47. The summed E-state index contributed by atoms with van der Waals surface area (Å²) in [6.07, 6.45) is 0.153. The van der Waals surface area contributed by atoms with Gasteiger partial charge in [-0.25, -0.2) is 6.57 Å². The Hall–Kier alpha value is -2.02. The zero-order valence-electron chi connectivity index (χ0n) is 9.81. The van der Waals surface area contributed by atoms with Gasteiger partial charge in [0.2, 0.25) is 6.54 Å². The maximum Gasteiger partial charge on any atom is 0.313 e. The summed E-state index contributed by atoms with van der Waals surface area (Å²) >= 11 is 0. The van der Waals surface area contributed by atoms with Crippen LogP contribution in [0.4, 0.5) is 0 Å². The number of hydrogen-bond donors (Lipinski definition) is 0. The monoisotopic (exact) mass is 233 g/mol. The Morgan fingerprint density at radius 3 is 2.65 bits per heavy atom. The van der Waals surface area contributed by atoms with Crippen molar-refractivity contribution in [3.8, 4) is 5.75 Å². The van der Waals surface area contributed by atoms with Gasteiger partial charge in [0.15, 0.2) is 0 Å². The first-order valence-electron chi connectivity index (χ1n) is 5.47. The van der Waals surface area contributed by atoms with Crippen LogP contribution in [-0.4, -0.2) is 19.1 Å². The van der Waals surface area contributed by atoms with Crippen LogP contribution in [0.15, 0.2) is 24.3 Å². The molecule has 0 bridgehead atoms. The summed E-state index contributed by atoms with van der Waals surface area (Å²) < 4.78 is 10.3. The van der Waals surface area contributed by atoms with Gasteiger partial charge in [-0.2, -0.15) is 0 Å². The van der Waals surface area contributed by atoms with Crippen LogP contribution in [-0.2, 0) is 16.1 Å². The van der Waals surface area contributed by atoms with E-state index in [1.807, 2.05) is 31.2 Å².